The molecule has 0 saturated carbocycles. The second-order valence-electron chi connectivity index (χ2n) is 12.2. The lowest BCUT2D eigenvalue weighted by Crippen LogP contribution is -2.14. The maximum Gasteiger partial charge on any atom is 0.0618 e. The number of fused-ring (bicyclic) bond motifs is 2. The highest BCUT2D eigenvalue weighted by Gasteiger charge is 2.23. The van der Waals surface area contributed by atoms with Gasteiger partial charge in [-0.1, -0.05) is 130 Å². The monoisotopic (exact) mass is 525 g/mol. The highest BCUT2D eigenvalue weighted by atomic mass is 15.1. The van der Waals surface area contributed by atoms with Crippen LogP contribution in [0.5, 0.6) is 0 Å². The van der Waals surface area contributed by atoms with E-state index in [9.17, 15) is 0 Å². The van der Waals surface area contributed by atoms with E-state index in [4.69, 9.17) is 0 Å². The molecule has 0 saturated heterocycles. The molecular weight excluding hydrogens is 494 g/mol. The number of nitrogens with zero attached hydrogens (tertiary/aromatic N) is 1. The minimum Gasteiger partial charge on any atom is -0.309 e. The van der Waals surface area contributed by atoms with Gasteiger partial charge in [0.05, 0.1) is 11.4 Å². The van der Waals surface area contributed by atoms with E-state index < -0.39 is 0 Å². The highest BCUT2D eigenvalue weighted by molar-refractivity contribution is 6.26. The predicted molar refractivity (Wildman–Crippen MR) is 179 cm³/mol. The van der Waals surface area contributed by atoms with Crippen LogP contribution in [0.25, 0.3) is 53.9 Å². The van der Waals surface area contributed by atoms with Gasteiger partial charge in [-0.25, -0.2) is 0 Å². The Bertz CT molecular complexity index is 2160. The maximum absolute atomic E-state index is 2.50. The van der Waals surface area contributed by atoms with Gasteiger partial charge in [0.15, 0.2) is 0 Å². The molecule has 0 radical (unpaired) electrons. The van der Waals surface area contributed by atoms with Crippen molar-refractivity contribution in [2.45, 2.75) is 26.2 Å². The summed E-state index contributed by atoms with van der Waals surface area (Å²) in [7, 11) is 0. The van der Waals surface area contributed by atoms with Gasteiger partial charge in [-0.05, 0) is 72.9 Å². The lowest BCUT2D eigenvalue weighted by molar-refractivity contribution is 0.590. The van der Waals surface area contributed by atoms with Crippen molar-refractivity contribution < 1.29 is 0 Å². The topological polar surface area (TPSA) is 3.24 Å². The molecule has 41 heavy (non-hydrogen) atoms. The Balaban J connectivity index is 1.52. The predicted octanol–water partition coefficient (Wildman–Crippen LogP) is 11.7. The Kier molecular flexibility index (Phi) is 5.15. The molecular formula is C40H31N. The number of anilines is 3. The first-order valence-corrected chi connectivity index (χ1v) is 14.5. The molecule has 0 aliphatic heterocycles. The molecule has 0 aromatic heterocycles. The first-order valence-electron chi connectivity index (χ1n) is 14.5. The Morgan fingerprint density at radius 1 is 0.439 bits per heavy atom. The minimum atomic E-state index is 0.0858. The normalized spacial score (nSPS) is 12.3. The van der Waals surface area contributed by atoms with E-state index in [-0.39, 0.29) is 5.41 Å². The highest BCUT2D eigenvalue weighted by Crippen LogP contribution is 2.48. The summed E-state index contributed by atoms with van der Waals surface area (Å²) in [6.07, 6.45) is 0. The average molecular weight is 526 g/mol. The Morgan fingerprint density at radius 3 is 1.61 bits per heavy atom. The van der Waals surface area contributed by atoms with E-state index in [1.807, 2.05) is 0 Å². The SMILES string of the molecule is CC(C)(C)c1ccc(N(c2c3ccccc3cc3ccccc23)c2ccc3ccc4cccc5ccc2c3c45)cc1. The summed E-state index contributed by atoms with van der Waals surface area (Å²) >= 11 is 0. The summed E-state index contributed by atoms with van der Waals surface area (Å²) in [5, 5.41) is 12.8. The zero-order valence-corrected chi connectivity index (χ0v) is 23.6. The van der Waals surface area contributed by atoms with Gasteiger partial charge in [-0.3, -0.25) is 0 Å². The second kappa shape index (κ2) is 8.81. The van der Waals surface area contributed by atoms with Gasteiger partial charge < -0.3 is 4.90 Å². The number of rotatable bonds is 3. The Morgan fingerprint density at radius 2 is 0.976 bits per heavy atom. The molecule has 196 valence electrons. The molecule has 8 rings (SSSR count). The average Bonchev–Trinajstić information content (AvgIpc) is 3.00. The number of hydrogen-bond donors (Lipinski definition) is 0. The van der Waals surface area contributed by atoms with Crippen molar-refractivity contribution in [1.82, 2.24) is 0 Å². The lowest BCUT2D eigenvalue weighted by Gasteiger charge is -2.31. The third kappa shape index (κ3) is 3.69. The van der Waals surface area contributed by atoms with E-state index in [0.717, 1.165) is 5.69 Å². The summed E-state index contributed by atoms with van der Waals surface area (Å²) in [6.45, 7) is 6.83. The standard InChI is InChI=1S/C40H31N/c1-40(2,3)31-19-21-32(22-20-31)41(39-33-13-6-4-9-29(33)25-30-10-5-7-14-34(30)39)36-24-18-28-16-15-26-11-8-12-27-17-23-35(36)38(28)37(26)27/h4-25H,1-3H3. The van der Waals surface area contributed by atoms with Crippen LogP contribution in [0, 0.1) is 0 Å². The van der Waals surface area contributed by atoms with Crippen molar-refractivity contribution in [1.29, 1.82) is 0 Å². The summed E-state index contributed by atoms with van der Waals surface area (Å²) in [5.41, 5.74) is 4.99. The van der Waals surface area contributed by atoms with Gasteiger partial charge in [0.1, 0.15) is 0 Å². The fourth-order valence-corrected chi connectivity index (χ4v) is 6.64. The zero-order chi connectivity index (χ0) is 27.7. The number of benzene rings is 8. The third-order valence-electron chi connectivity index (χ3n) is 8.70. The molecule has 8 aromatic carbocycles. The minimum absolute atomic E-state index is 0.0858. The summed E-state index contributed by atoms with van der Waals surface area (Å²) < 4.78 is 0. The Labute approximate surface area is 240 Å². The molecule has 1 nitrogen and oxygen atoms in total. The molecule has 0 aliphatic carbocycles. The zero-order valence-electron chi connectivity index (χ0n) is 23.6. The summed E-state index contributed by atoms with van der Waals surface area (Å²) in [4.78, 5) is 2.50. The number of hydrogen-bond acceptors (Lipinski definition) is 1. The quantitative estimate of drug-likeness (QED) is 0.164. The van der Waals surface area contributed by atoms with Crippen molar-refractivity contribution in [3.05, 3.63) is 139 Å². The van der Waals surface area contributed by atoms with E-state index in [2.05, 4.69) is 159 Å². The smallest absolute Gasteiger partial charge is 0.0618 e. The fraction of sp³-hybridized carbons (Fsp3) is 0.100. The van der Waals surface area contributed by atoms with Crippen molar-refractivity contribution >= 4 is 70.9 Å². The van der Waals surface area contributed by atoms with E-state index >= 15 is 0 Å². The molecule has 0 spiro atoms. The van der Waals surface area contributed by atoms with E-state index in [1.165, 1.54) is 70.8 Å². The van der Waals surface area contributed by atoms with Crippen LogP contribution < -0.4 is 4.90 Å². The van der Waals surface area contributed by atoms with E-state index in [0.29, 0.717) is 0 Å². The molecule has 0 bridgehead atoms. The summed E-state index contributed by atoms with van der Waals surface area (Å²) in [6, 6.07) is 49.5. The van der Waals surface area contributed by atoms with Gasteiger partial charge in [-0.2, -0.15) is 0 Å². The molecule has 0 heterocycles. The maximum atomic E-state index is 2.50. The van der Waals surface area contributed by atoms with Crippen LogP contribution in [0.15, 0.2) is 133 Å². The van der Waals surface area contributed by atoms with Crippen molar-refractivity contribution in [3.8, 4) is 0 Å². The van der Waals surface area contributed by atoms with Gasteiger partial charge in [-0.15, -0.1) is 0 Å². The molecule has 8 aromatic rings. The molecule has 0 N–H and O–H groups in total. The molecule has 0 fully saturated rings. The van der Waals surface area contributed by atoms with Crippen molar-refractivity contribution in [2.24, 2.45) is 0 Å². The molecule has 0 aliphatic rings. The molecule has 0 unspecified atom stereocenters. The lowest BCUT2D eigenvalue weighted by atomic mass is 9.87. The van der Waals surface area contributed by atoms with Crippen LogP contribution in [0.1, 0.15) is 26.3 Å². The van der Waals surface area contributed by atoms with Crippen LogP contribution in [-0.4, -0.2) is 0 Å². The molecule has 0 atom stereocenters. The second-order valence-corrected chi connectivity index (χ2v) is 12.2. The van der Waals surface area contributed by atoms with Crippen molar-refractivity contribution in [2.75, 3.05) is 4.90 Å². The van der Waals surface area contributed by atoms with Crippen LogP contribution in [0.2, 0.25) is 0 Å². The van der Waals surface area contributed by atoms with Gasteiger partial charge in [0, 0.05) is 21.8 Å². The van der Waals surface area contributed by atoms with Crippen LogP contribution in [-0.2, 0) is 5.41 Å². The third-order valence-corrected chi connectivity index (χ3v) is 8.70. The van der Waals surface area contributed by atoms with Gasteiger partial charge >= 0.3 is 0 Å². The Hall–Kier alpha value is -4.88. The van der Waals surface area contributed by atoms with Crippen molar-refractivity contribution in [3.63, 3.8) is 0 Å². The summed E-state index contributed by atoms with van der Waals surface area (Å²) in [5.74, 6) is 0. The van der Waals surface area contributed by atoms with E-state index in [1.54, 1.807) is 0 Å². The molecule has 0 amide bonds. The van der Waals surface area contributed by atoms with Crippen LogP contribution in [0.4, 0.5) is 17.1 Å². The van der Waals surface area contributed by atoms with Gasteiger partial charge in [0.25, 0.3) is 0 Å². The fourth-order valence-electron chi connectivity index (χ4n) is 6.64. The largest absolute Gasteiger partial charge is 0.309 e. The first-order chi connectivity index (χ1) is 20.0. The molecule has 1 heteroatoms. The van der Waals surface area contributed by atoms with Gasteiger partial charge in [0.2, 0.25) is 0 Å². The van der Waals surface area contributed by atoms with Crippen LogP contribution >= 0.6 is 0 Å². The van der Waals surface area contributed by atoms with Crippen LogP contribution in [0.3, 0.4) is 0 Å². The first kappa shape index (κ1) is 24.0.